The molecule has 20 heavy (non-hydrogen) atoms. The second kappa shape index (κ2) is 6.78. The third-order valence-electron chi connectivity index (χ3n) is 3.82. The fourth-order valence-electron chi connectivity index (χ4n) is 2.56. The molecule has 0 unspecified atom stereocenters. The number of hydrogen-bond donors (Lipinski definition) is 1. The van der Waals surface area contributed by atoms with Crippen LogP contribution in [0, 0.1) is 11.8 Å². The Hall–Kier alpha value is -0.780. The van der Waals surface area contributed by atoms with Crippen molar-refractivity contribution in [3.8, 4) is 0 Å². The third-order valence-corrected chi connectivity index (χ3v) is 3.82. The second-order valence-electron chi connectivity index (χ2n) is 5.89. The lowest BCUT2D eigenvalue weighted by Crippen LogP contribution is -2.56. The van der Waals surface area contributed by atoms with Gasteiger partial charge in [0.1, 0.15) is 5.54 Å². The standard InChI is InChI=1S/C14H24F3NO2/c1-4-20-12(19)13(18-9-10(2)3)7-5-11(6-8-13)14(15,16)17/h10-11,18H,4-9H2,1-3H3. The molecule has 1 saturated carbocycles. The molecule has 0 heterocycles. The largest absolute Gasteiger partial charge is 0.465 e. The molecule has 1 fully saturated rings. The van der Waals surface area contributed by atoms with Gasteiger partial charge in [-0.05, 0) is 45.1 Å². The molecule has 1 aliphatic carbocycles. The minimum Gasteiger partial charge on any atom is -0.465 e. The van der Waals surface area contributed by atoms with Gasteiger partial charge in [-0.15, -0.1) is 0 Å². The molecule has 0 saturated heterocycles. The lowest BCUT2D eigenvalue weighted by atomic mass is 9.76. The molecule has 118 valence electrons. The smallest absolute Gasteiger partial charge is 0.391 e. The Morgan fingerprint density at radius 1 is 1.35 bits per heavy atom. The average molecular weight is 295 g/mol. The zero-order valence-corrected chi connectivity index (χ0v) is 12.3. The lowest BCUT2D eigenvalue weighted by molar-refractivity contribution is -0.189. The van der Waals surface area contributed by atoms with Crippen LogP contribution in [0.5, 0.6) is 0 Å². The summed E-state index contributed by atoms with van der Waals surface area (Å²) in [4.78, 5) is 12.1. The van der Waals surface area contributed by atoms with Gasteiger partial charge in [0.05, 0.1) is 12.5 Å². The van der Waals surface area contributed by atoms with Crippen molar-refractivity contribution in [2.24, 2.45) is 11.8 Å². The number of carbonyl (C=O) groups is 1. The normalized spacial score (nSPS) is 27.6. The maximum Gasteiger partial charge on any atom is 0.391 e. The van der Waals surface area contributed by atoms with Crippen LogP contribution in [0.3, 0.4) is 0 Å². The minimum absolute atomic E-state index is 0.0204. The van der Waals surface area contributed by atoms with E-state index in [0.717, 1.165) is 0 Å². The summed E-state index contributed by atoms with van der Waals surface area (Å²) in [5.74, 6) is -1.39. The van der Waals surface area contributed by atoms with E-state index in [9.17, 15) is 18.0 Å². The summed E-state index contributed by atoms with van der Waals surface area (Å²) >= 11 is 0. The number of esters is 1. The highest BCUT2D eigenvalue weighted by Gasteiger charge is 2.49. The summed E-state index contributed by atoms with van der Waals surface area (Å²) in [6.45, 7) is 6.53. The van der Waals surface area contributed by atoms with Crippen molar-refractivity contribution in [1.82, 2.24) is 5.32 Å². The first-order chi connectivity index (χ1) is 9.21. The van der Waals surface area contributed by atoms with E-state index in [1.165, 1.54) is 0 Å². The van der Waals surface area contributed by atoms with Crippen LogP contribution in [-0.4, -0.2) is 30.8 Å². The number of rotatable bonds is 5. The first-order valence-electron chi connectivity index (χ1n) is 7.20. The molecule has 1 rings (SSSR count). The monoisotopic (exact) mass is 295 g/mol. The summed E-state index contributed by atoms with van der Waals surface area (Å²) in [5, 5.41) is 3.15. The molecule has 0 amide bonds. The maximum absolute atomic E-state index is 12.7. The van der Waals surface area contributed by atoms with E-state index in [1.54, 1.807) is 6.92 Å². The second-order valence-corrected chi connectivity index (χ2v) is 5.89. The lowest BCUT2D eigenvalue weighted by Gasteiger charge is -2.39. The maximum atomic E-state index is 12.7. The molecule has 0 aromatic heterocycles. The van der Waals surface area contributed by atoms with E-state index in [4.69, 9.17) is 4.74 Å². The molecule has 3 nitrogen and oxygen atoms in total. The quantitative estimate of drug-likeness (QED) is 0.791. The van der Waals surface area contributed by atoms with Gasteiger partial charge >= 0.3 is 12.1 Å². The van der Waals surface area contributed by atoms with E-state index in [0.29, 0.717) is 12.5 Å². The van der Waals surface area contributed by atoms with Gasteiger partial charge in [0.2, 0.25) is 0 Å². The first-order valence-corrected chi connectivity index (χ1v) is 7.20. The molecule has 0 bridgehead atoms. The molecule has 0 radical (unpaired) electrons. The summed E-state index contributed by atoms with van der Waals surface area (Å²) in [6, 6.07) is 0. The number of hydrogen-bond acceptors (Lipinski definition) is 3. The van der Waals surface area contributed by atoms with Gasteiger partial charge in [-0.2, -0.15) is 13.2 Å². The third kappa shape index (κ3) is 4.36. The van der Waals surface area contributed by atoms with E-state index in [-0.39, 0.29) is 32.3 Å². The van der Waals surface area contributed by atoms with Crippen molar-refractivity contribution in [3.63, 3.8) is 0 Å². The number of ether oxygens (including phenoxy) is 1. The van der Waals surface area contributed by atoms with Gasteiger partial charge in [-0.3, -0.25) is 4.79 Å². The van der Waals surface area contributed by atoms with Gasteiger partial charge in [-0.25, -0.2) is 0 Å². The predicted octanol–water partition coefficient (Wildman–Crippen LogP) is 3.29. The highest BCUT2D eigenvalue weighted by Crippen LogP contribution is 2.41. The van der Waals surface area contributed by atoms with Crippen LogP contribution in [0.1, 0.15) is 46.5 Å². The molecule has 0 aliphatic heterocycles. The first kappa shape index (κ1) is 17.3. The van der Waals surface area contributed by atoms with Crippen LogP contribution in [0.15, 0.2) is 0 Å². The van der Waals surface area contributed by atoms with E-state index in [2.05, 4.69) is 5.32 Å². The molecular weight excluding hydrogens is 271 g/mol. The number of nitrogens with one attached hydrogen (secondary N) is 1. The van der Waals surface area contributed by atoms with Crippen molar-refractivity contribution in [2.75, 3.05) is 13.2 Å². The van der Waals surface area contributed by atoms with E-state index < -0.39 is 23.6 Å². The molecule has 1 aliphatic rings. The Labute approximate surface area is 118 Å². The predicted molar refractivity (Wildman–Crippen MR) is 70.2 cm³/mol. The number of carbonyl (C=O) groups excluding carboxylic acids is 1. The number of halogens is 3. The molecule has 0 aromatic carbocycles. The van der Waals surface area contributed by atoms with Crippen LogP contribution in [-0.2, 0) is 9.53 Å². The summed E-state index contributed by atoms with van der Waals surface area (Å²) in [5.41, 5.74) is -0.942. The molecule has 6 heteroatoms. The Kier molecular flexibility index (Phi) is 5.86. The van der Waals surface area contributed by atoms with Crippen molar-refractivity contribution in [3.05, 3.63) is 0 Å². The van der Waals surface area contributed by atoms with Crippen LogP contribution >= 0.6 is 0 Å². The fraction of sp³-hybridized carbons (Fsp3) is 0.929. The van der Waals surface area contributed by atoms with Crippen molar-refractivity contribution in [1.29, 1.82) is 0 Å². The Morgan fingerprint density at radius 2 is 1.90 bits per heavy atom. The van der Waals surface area contributed by atoms with Crippen LogP contribution < -0.4 is 5.32 Å². The van der Waals surface area contributed by atoms with E-state index >= 15 is 0 Å². The fourth-order valence-corrected chi connectivity index (χ4v) is 2.56. The Morgan fingerprint density at radius 3 is 2.30 bits per heavy atom. The van der Waals surface area contributed by atoms with Crippen molar-refractivity contribution >= 4 is 5.97 Å². The zero-order valence-electron chi connectivity index (χ0n) is 12.3. The Balaban J connectivity index is 2.74. The molecular formula is C14H24F3NO2. The van der Waals surface area contributed by atoms with Gasteiger partial charge in [0, 0.05) is 0 Å². The molecule has 1 N–H and O–H groups in total. The van der Waals surface area contributed by atoms with Gasteiger partial charge in [0.25, 0.3) is 0 Å². The molecule has 0 spiro atoms. The van der Waals surface area contributed by atoms with Crippen LogP contribution in [0.25, 0.3) is 0 Å². The minimum atomic E-state index is -4.17. The summed E-state index contributed by atoms with van der Waals surface area (Å²) in [6.07, 6.45) is -3.84. The van der Waals surface area contributed by atoms with Crippen LogP contribution in [0.2, 0.25) is 0 Å². The molecule has 0 atom stereocenters. The molecule has 0 aromatic rings. The van der Waals surface area contributed by atoms with Gasteiger partial charge in [-0.1, -0.05) is 13.8 Å². The summed E-state index contributed by atoms with van der Waals surface area (Å²) in [7, 11) is 0. The zero-order chi connectivity index (χ0) is 15.4. The SMILES string of the molecule is CCOC(=O)C1(NCC(C)C)CCC(C(F)(F)F)CC1. The average Bonchev–Trinajstić information content (AvgIpc) is 2.36. The Bertz CT molecular complexity index is 321. The van der Waals surface area contributed by atoms with Gasteiger partial charge in [0.15, 0.2) is 0 Å². The van der Waals surface area contributed by atoms with Crippen molar-refractivity contribution in [2.45, 2.75) is 58.2 Å². The van der Waals surface area contributed by atoms with Gasteiger partial charge < -0.3 is 10.1 Å². The highest BCUT2D eigenvalue weighted by atomic mass is 19.4. The topological polar surface area (TPSA) is 38.3 Å². The summed E-state index contributed by atoms with van der Waals surface area (Å²) < 4.78 is 43.2. The van der Waals surface area contributed by atoms with Crippen molar-refractivity contribution < 1.29 is 22.7 Å². The highest BCUT2D eigenvalue weighted by molar-refractivity contribution is 5.81. The van der Waals surface area contributed by atoms with E-state index in [1.807, 2.05) is 13.8 Å². The van der Waals surface area contributed by atoms with Crippen LogP contribution in [0.4, 0.5) is 13.2 Å². The number of alkyl halides is 3.